The van der Waals surface area contributed by atoms with E-state index >= 15 is 0 Å². The Balaban J connectivity index is 0.00000131. The molecule has 146 valence electrons. The summed E-state index contributed by atoms with van der Waals surface area (Å²) in [6.45, 7) is 3.03. The van der Waals surface area contributed by atoms with Crippen LogP contribution in [0.4, 0.5) is 0 Å². The fraction of sp³-hybridized carbons (Fsp3) is 0.333. The fourth-order valence-electron chi connectivity index (χ4n) is 3.13. The molecule has 1 fully saturated rings. The molecule has 0 bridgehead atoms. The van der Waals surface area contributed by atoms with E-state index in [0.29, 0.717) is 30.3 Å². The molecular weight excluding hydrogens is 391 g/mol. The van der Waals surface area contributed by atoms with Crippen molar-refractivity contribution in [2.75, 3.05) is 26.8 Å². The molecule has 2 N–H and O–H groups in total. The Morgan fingerprint density at radius 2 is 2.19 bits per heavy atom. The second-order valence-electron chi connectivity index (χ2n) is 6.07. The van der Waals surface area contributed by atoms with E-state index in [2.05, 4.69) is 15.3 Å². The van der Waals surface area contributed by atoms with E-state index in [1.165, 1.54) is 0 Å². The summed E-state index contributed by atoms with van der Waals surface area (Å²) in [7, 11) is 1.60. The first-order valence-electron chi connectivity index (χ1n) is 8.29. The van der Waals surface area contributed by atoms with E-state index in [1.54, 1.807) is 13.3 Å². The number of imidazole rings is 1. The molecule has 1 saturated heterocycles. The normalized spacial score (nSPS) is 16.4. The van der Waals surface area contributed by atoms with Crippen molar-refractivity contribution < 1.29 is 9.47 Å². The average molecular weight is 413 g/mol. The molecule has 0 radical (unpaired) electrons. The molecule has 1 aliphatic rings. The van der Waals surface area contributed by atoms with Crippen molar-refractivity contribution in [1.29, 1.82) is 0 Å². The number of methoxy groups -OCH3 is 1. The van der Waals surface area contributed by atoms with Gasteiger partial charge < -0.3 is 24.3 Å². The third-order valence-corrected chi connectivity index (χ3v) is 4.41. The zero-order chi connectivity index (χ0) is 17.2. The van der Waals surface area contributed by atoms with Crippen LogP contribution in [-0.4, -0.2) is 47.4 Å². The van der Waals surface area contributed by atoms with E-state index in [1.807, 2.05) is 35.0 Å². The van der Waals surface area contributed by atoms with Gasteiger partial charge in [0, 0.05) is 31.5 Å². The summed E-state index contributed by atoms with van der Waals surface area (Å²) in [5.74, 6) is 1.35. The van der Waals surface area contributed by atoms with E-state index < -0.39 is 0 Å². The summed E-state index contributed by atoms with van der Waals surface area (Å²) in [6.07, 6.45) is 3.67. The highest BCUT2D eigenvalue weighted by Gasteiger charge is 2.18. The van der Waals surface area contributed by atoms with Gasteiger partial charge in [-0.3, -0.25) is 4.79 Å². The Hall–Kier alpha value is -2.06. The van der Waals surface area contributed by atoms with Gasteiger partial charge in [0.15, 0.2) is 0 Å². The van der Waals surface area contributed by atoms with Crippen molar-refractivity contribution in [1.82, 2.24) is 19.9 Å². The number of benzene rings is 1. The average Bonchev–Trinajstić information content (AvgIpc) is 3.09. The molecule has 0 spiro atoms. The molecule has 9 heteroatoms. The van der Waals surface area contributed by atoms with Crippen molar-refractivity contribution in [3.8, 4) is 17.1 Å². The lowest BCUT2D eigenvalue weighted by atomic mass is 10.1. The van der Waals surface area contributed by atoms with Crippen molar-refractivity contribution in [3.63, 3.8) is 0 Å². The number of nitrogens with one attached hydrogen (secondary N) is 2. The number of ether oxygens (including phenoxy) is 2. The summed E-state index contributed by atoms with van der Waals surface area (Å²) in [5, 5.41) is 4.25. The zero-order valence-corrected chi connectivity index (χ0v) is 16.4. The van der Waals surface area contributed by atoms with Crippen molar-refractivity contribution in [2.45, 2.75) is 12.6 Å². The summed E-state index contributed by atoms with van der Waals surface area (Å²) in [4.78, 5) is 19.9. The zero-order valence-electron chi connectivity index (χ0n) is 14.8. The van der Waals surface area contributed by atoms with Crippen LogP contribution in [0, 0.1) is 0 Å². The number of hydrogen-bond donors (Lipinski definition) is 2. The number of aromatic nitrogens is 3. The molecule has 2 aromatic heterocycles. The molecule has 27 heavy (non-hydrogen) atoms. The summed E-state index contributed by atoms with van der Waals surface area (Å²) < 4.78 is 12.9. The Labute approximate surface area is 168 Å². The Kier molecular flexibility index (Phi) is 7.26. The van der Waals surface area contributed by atoms with Crippen LogP contribution in [-0.2, 0) is 11.3 Å². The number of hydrogen-bond acceptors (Lipinski definition) is 5. The third-order valence-electron chi connectivity index (χ3n) is 4.41. The first kappa shape index (κ1) is 21.2. The van der Waals surface area contributed by atoms with Crippen LogP contribution in [0.25, 0.3) is 22.3 Å². The van der Waals surface area contributed by atoms with E-state index in [-0.39, 0.29) is 36.5 Å². The number of fused-ring (bicyclic) bond motifs is 1. The van der Waals surface area contributed by atoms with Gasteiger partial charge in [0.05, 0.1) is 37.4 Å². The molecule has 4 rings (SSSR count). The molecular formula is C18H22Cl2N4O3. The van der Waals surface area contributed by atoms with Crippen LogP contribution in [0.3, 0.4) is 0 Å². The molecule has 1 unspecified atom stereocenters. The largest absolute Gasteiger partial charge is 0.497 e. The van der Waals surface area contributed by atoms with E-state index in [0.717, 1.165) is 24.0 Å². The van der Waals surface area contributed by atoms with Gasteiger partial charge in [0.25, 0.3) is 5.56 Å². The van der Waals surface area contributed by atoms with E-state index in [4.69, 9.17) is 9.47 Å². The van der Waals surface area contributed by atoms with Gasteiger partial charge in [-0.1, -0.05) is 0 Å². The van der Waals surface area contributed by atoms with Crippen LogP contribution >= 0.6 is 24.8 Å². The molecule has 1 aliphatic heterocycles. The molecule has 0 saturated carbocycles. The quantitative estimate of drug-likeness (QED) is 0.686. The number of H-pyrrole nitrogens is 1. The lowest BCUT2D eigenvalue weighted by Crippen LogP contribution is -2.40. The maximum Gasteiger partial charge on any atom is 0.259 e. The highest BCUT2D eigenvalue weighted by Crippen LogP contribution is 2.22. The number of morpholine rings is 1. The highest BCUT2D eigenvalue weighted by molar-refractivity contribution is 5.85. The minimum Gasteiger partial charge on any atom is -0.497 e. The van der Waals surface area contributed by atoms with Crippen molar-refractivity contribution >= 4 is 35.7 Å². The molecule has 3 aromatic rings. The SMILES string of the molecule is COc1ccc2cc(-c3nccn3CC3CNCCO3)c(=O)[nH]c2c1.Cl.Cl. The second kappa shape index (κ2) is 9.23. The molecule has 0 amide bonds. The maximum atomic E-state index is 12.6. The maximum absolute atomic E-state index is 12.6. The van der Waals surface area contributed by atoms with Gasteiger partial charge in [0.1, 0.15) is 11.6 Å². The monoisotopic (exact) mass is 412 g/mol. The molecule has 7 nitrogen and oxygen atoms in total. The van der Waals surface area contributed by atoms with E-state index in [9.17, 15) is 4.79 Å². The molecule has 1 aromatic carbocycles. The second-order valence-corrected chi connectivity index (χ2v) is 6.07. The first-order chi connectivity index (χ1) is 12.2. The lowest BCUT2D eigenvalue weighted by Gasteiger charge is -2.24. The molecule has 0 aliphatic carbocycles. The minimum absolute atomic E-state index is 0. The lowest BCUT2D eigenvalue weighted by molar-refractivity contribution is 0.0185. The molecule has 3 heterocycles. The minimum atomic E-state index is -0.170. The van der Waals surface area contributed by atoms with Gasteiger partial charge in [-0.05, 0) is 23.6 Å². The van der Waals surface area contributed by atoms with Crippen molar-refractivity contribution in [3.05, 3.63) is 47.0 Å². The Bertz CT molecular complexity index is 951. The summed E-state index contributed by atoms with van der Waals surface area (Å²) in [5.41, 5.74) is 1.12. The van der Waals surface area contributed by atoms with Crippen LogP contribution in [0.15, 0.2) is 41.5 Å². The Morgan fingerprint density at radius 3 is 2.93 bits per heavy atom. The van der Waals surface area contributed by atoms with Crippen LogP contribution in [0.2, 0.25) is 0 Å². The topological polar surface area (TPSA) is 81.2 Å². The number of nitrogens with zero attached hydrogens (tertiary/aromatic N) is 2. The first-order valence-corrected chi connectivity index (χ1v) is 8.29. The molecule has 1 atom stereocenters. The van der Waals surface area contributed by atoms with Gasteiger partial charge in [-0.25, -0.2) is 4.98 Å². The van der Waals surface area contributed by atoms with Gasteiger partial charge in [-0.2, -0.15) is 0 Å². The third kappa shape index (κ3) is 4.44. The summed E-state index contributed by atoms with van der Waals surface area (Å²) >= 11 is 0. The predicted molar refractivity (Wildman–Crippen MR) is 109 cm³/mol. The highest BCUT2D eigenvalue weighted by atomic mass is 35.5. The number of pyridine rings is 1. The van der Waals surface area contributed by atoms with Gasteiger partial charge >= 0.3 is 0 Å². The van der Waals surface area contributed by atoms with Crippen LogP contribution in [0.1, 0.15) is 0 Å². The fourth-order valence-corrected chi connectivity index (χ4v) is 3.13. The number of aromatic amines is 1. The number of rotatable bonds is 4. The van der Waals surface area contributed by atoms with Gasteiger partial charge in [0.2, 0.25) is 0 Å². The standard InChI is InChI=1S/C18H20N4O3.2ClH/c1-24-13-3-2-12-8-15(18(23)21-16(12)9-13)17-20-4-6-22(17)11-14-10-19-5-7-25-14;;/h2-4,6,8-9,14,19H,5,7,10-11H2,1H3,(H,21,23);2*1H. The van der Waals surface area contributed by atoms with Gasteiger partial charge in [-0.15, -0.1) is 24.8 Å². The van der Waals surface area contributed by atoms with Crippen LogP contribution in [0.5, 0.6) is 5.75 Å². The predicted octanol–water partition coefficient (Wildman–Crippen LogP) is 2.23. The smallest absolute Gasteiger partial charge is 0.259 e. The Morgan fingerprint density at radius 1 is 1.33 bits per heavy atom. The van der Waals surface area contributed by atoms with Crippen LogP contribution < -0.4 is 15.6 Å². The number of halogens is 2. The van der Waals surface area contributed by atoms with Crippen molar-refractivity contribution in [2.24, 2.45) is 0 Å². The summed E-state index contributed by atoms with van der Waals surface area (Å²) in [6, 6.07) is 7.48.